The molecule has 4 N–H and O–H groups in total. The zero-order chi connectivity index (χ0) is 24.2. The molecule has 1 amide bonds. The van der Waals surface area contributed by atoms with Crippen LogP contribution < -0.4 is 21.3 Å². The lowest BCUT2D eigenvalue weighted by Crippen LogP contribution is -2.55. The molecule has 34 heavy (non-hydrogen) atoms. The summed E-state index contributed by atoms with van der Waals surface area (Å²) in [6.45, 7) is 8.41. The number of hydrogen-bond acceptors (Lipinski definition) is 5. The Balaban J connectivity index is 1.32. The second kappa shape index (κ2) is 13.7. The van der Waals surface area contributed by atoms with Gasteiger partial charge in [0.05, 0.1) is 10.9 Å². The Morgan fingerprint density at radius 2 is 1.79 bits per heavy atom. The summed E-state index contributed by atoms with van der Waals surface area (Å²) in [5.74, 6) is 0.949. The summed E-state index contributed by atoms with van der Waals surface area (Å²) in [7, 11) is 0.704. The topological polar surface area (TPSA) is 78.1 Å². The molecule has 0 bridgehead atoms. The third kappa shape index (κ3) is 9.29. The predicted octanol–water partition coefficient (Wildman–Crippen LogP) is 2.22. The molecule has 0 unspecified atom stereocenters. The Morgan fingerprint density at radius 1 is 1.03 bits per heavy atom. The Kier molecular flexibility index (Phi) is 10.7. The zero-order valence-electron chi connectivity index (χ0n) is 21.2. The molecule has 0 saturated heterocycles. The molecule has 1 heterocycles. The van der Waals surface area contributed by atoms with E-state index in [9.17, 15) is 4.79 Å². The van der Waals surface area contributed by atoms with E-state index in [0.29, 0.717) is 23.3 Å². The first kappa shape index (κ1) is 26.5. The van der Waals surface area contributed by atoms with E-state index in [-0.39, 0.29) is 5.91 Å². The van der Waals surface area contributed by atoms with Crippen LogP contribution in [0.25, 0.3) is 0 Å². The summed E-state index contributed by atoms with van der Waals surface area (Å²) < 4.78 is 0. The van der Waals surface area contributed by atoms with Crippen molar-refractivity contribution in [1.29, 1.82) is 0 Å². The second-order valence-corrected chi connectivity index (χ2v) is 12.2. The highest BCUT2D eigenvalue weighted by Crippen LogP contribution is 2.23. The second-order valence-electron chi connectivity index (χ2n) is 10.2. The largest absolute Gasteiger partial charge is 0.351 e. The van der Waals surface area contributed by atoms with Crippen molar-refractivity contribution in [2.45, 2.75) is 76.8 Å². The van der Waals surface area contributed by atoms with Gasteiger partial charge in [-0.3, -0.25) is 9.78 Å². The minimum absolute atomic E-state index is 0.0403. The maximum absolute atomic E-state index is 12.8. The van der Waals surface area contributed by atoms with Crippen molar-refractivity contribution in [2.75, 3.05) is 13.1 Å². The first-order valence-corrected chi connectivity index (χ1v) is 13.9. The molecule has 186 valence electrons. The first-order chi connectivity index (χ1) is 16.4. The number of benzene rings is 1. The first-order valence-electron chi connectivity index (χ1n) is 12.9. The summed E-state index contributed by atoms with van der Waals surface area (Å²) in [5, 5.41) is 13.2. The van der Waals surface area contributed by atoms with E-state index < -0.39 is 5.16 Å². The molecule has 6 nitrogen and oxygen atoms in total. The van der Waals surface area contributed by atoms with Gasteiger partial charge < -0.3 is 21.3 Å². The smallest absolute Gasteiger partial charge is 0.235 e. The van der Waals surface area contributed by atoms with Crippen LogP contribution in [0, 0.1) is 5.92 Å². The average molecular weight is 482 g/mol. The highest BCUT2D eigenvalue weighted by molar-refractivity contribution is 6.27. The molecule has 1 fully saturated rings. The fourth-order valence-corrected chi connectivity index (χ4v) is 4.72. The maximum atomic E-state index is 12.8. The Hall–Kier alpha value is -2.06. The molecule has 0 spiro atoms. The van der Waals surface area contributed by atoms with Crippen LogP contribution in [0.3, 0.4) is 0 Å². The fourth-order valence-electron chi connectivity index (χ4n) is 4.36. The highest BCUT2D eigenvalue weighted by Gasteiger charge is 2.26. The molecule has 7 heteroatoms. The van der Waals surface area contributed by atoms with Crippen molar-refractivity contribution in [2.24, 2.45) is 5.92 Å². The van der Waals surface area contributed by atoms with E-state index in [1.807, 2.05) is 25.1 Å². The van der Waals surface area contributed by atoms with Crippen LogP contribution in [0.5, 0.6) is 0 Å². The van der Waals surface area contributed by atoms with Crippen LogP contribution in [0.1, 0.15) is 62.8 Å². The summed E-state index contributed by atoms with van der Waals surface area (Å²) in [6, 6.07) is 15.0. The molecule has 1 aliphatic rings. The lowest BCUT2D eigenvalue weighted by molar-refractivity contribution is -0.124. The van der Waals surface area contributed by atoms with E-state index in [1.165, 1.54) is 31.2 Å². The number of carbonyl (C=O) groups is 1. The number of amides is 1. The van der Waals surface area contributed by atoms with Crippen LogP contribution in [0.4, 0.5) is 0 Å². The molecular weight excluding hydrogens is 438 g/mol. The molecule has 1 aliphatic carbocycles. The van der Waals surface area contributed by atoms with Gasteiger partial charge in [0.25, 0.3) is 0 Å². The highest BCUT2D eigenvalue weighted by atomic mass is 28.1. The molecule has 0 aliphatic heterocycles. The number of carbonyl (C=O) groups excluding carboxylic acids is 1. The normalized spacial score (nSPS) is 20.1. The Morgan fingerprint density at radius 3 is 2.53 bits per heavy atom. The summed E-state index contributed by atoms with van der Waals surface area (Å²) >= 11 is 0. The van der Waals surface area contributed by atoms with E-state index in [1.54, 1.807) is 6.20 Å². The SMILES string of the molecule is CC1CCC(NCCCNCc2cccc(CNC(=O)[C@](C)([SiH3])NCc3ccccn3)c2)CC1. The molecule has 2 aromatic rings. The minimum Gasteiger partial charge on any atom is -0.351 e. The number of hydrogen-bond donors (Lipinski definition) is 4. The number of pyridine rings is 1. The van der Waals surface area contributed by atoms with Crippen molar-refractivity contribution >= 4 is 16.1 Å². The van der Waals surface area contributed by atoms with Crippen LogP contribution in [-0.2, 0) is 24.4 Å². The van der Waals surface area contributed by atoms with Gasteiger partial charge >= 0.3 is 0 Å². The van der Waals surface area contributed by atoms with Gasteiger partial charge in [-0.2, -0.15) is 0 Å². The minimum atomic E-state index is -0.541. The number of nitrogens with one attached hydrogen (secondary N) is 4. The van der Waals surface area contributed by atoms with Crippen molar-refractivity contribution in [3.8, 4) is 0 Å². The molecule has 1 atom stereocenters. The summed E-state index contributed by atoms with van der Waals surface area (Å²) in [5.41, 5.74) is 3.32. The molecule has 1 saturated carbocycles. The third-order valence-electron chi connectivity index (χ3n) is 6.76. The van der Waals surface area contributed by atoms with Gasteiger partial charge in [-0.15, -0.1) is 0 Å². The monoisotopic (exact) mass is 481 g/mol. The van der Waals surface area contributed by atoms with Gasteiger partial charge in [-0.05, 0) is 81.3 Å². The molecular formula is C27H43N5OSi. The van der Waals surface area contributed by atoms with Gasteiger partial charge in [-0.25, -0.2) is 0 Å². The maximum Gasteiger partial charge on any atom is 0.235 e. The van der Waals surface area contributed by atoms with E-state index in [2.05, 4.69) is 57.4 Å². The Labute approximate surface area is 208 Å². The number of rotatable bonds is 13. The van der Waals surface area contributed by atoms with Crippen LogP contribution in [0.2, 0.25) is 0 Å². The van der Waals surface area contributed by atoms with Gasteiger partial charge in [-0.1, -0.05) is 37.3 Å². The average Bonchev–Trinajstić information content (AvgIpc) is 2.85. The fraction of sp³-hybridized carbons (Fsp3) is 0.556. The van der Waals surface area contributed by atoms with Gasteiger partial charge in [0, 0.05) is 42.1 Å². The van der Waals surface area contributed by atoms with Crippen LogP contribution >= 0.6 is 0 Å². The van der Waals surface area contributed by atoms with Crippen LogP contribution in [-0.4, -0.2) is 45.4 Å². The number of aromatic nitrogens is 1. The van der Waals surface area contributed by atoms with Gasteiger partial charge in [0.15, 0.2) is 0 Å². The lowest BCUT2D eigenvalue weighted by atomic mass is 9.87. The standard InChI is InChI=1S/C27H43N5OSi/c1-21-10-12-24(13-11-21)29-16-6-14-28-18-22-7-5-8-23(17-22)19-31-26(33)27(2,34)32-20-25-9-3-4-15-30-25/h3-5,7-9,15,17,21,24,28-29,32H,6,10-14,16,18-20H2,1-2,34H3,(H,31,33)/t21?,24?,27-/m0/s1. The Bertz CT molecular complexity index is 868. The van der Waals surface area contributed by atoms with Gasteiger partial charge in [0.2, 0.25) is 5.91 Å². The zero-order valence-corrected chi connectivity index (χ0v) is 23.2. The summed E-state index contributed by atoms with van der Waals surface area (Å²) in [4.78, 5) is 17.1. The summed E-state index contributed by atoms with van der Waals surface area (Å²) in [6.07, 6.45) is 8.32. The lowest BCUT2D eigenvalue weighted by Gasteiger charge is -2.27. The van der Waals surface area contributed by atoms with Crippen molar-refractivity contribution in [3.63, 3.8) is 0 Å². The van der Waals surface area contributed by atoms with Crippen molar-refractivity contribution in [3.05, 3.63) is 65.5 Å². The van der Waals surface area contributed by atoms with Crippen molar-refractivity contribution in [1.82, 2.24) is 26.3 Å². The van der Waals surface area contributed by atoms with Crippen molar-refractivity contribution < 1.29 is 4.79 Å². The van der Waals surface area contributed by atoms with Gasteiger partial charge in [0.1, 0.15) is 0 Å². The third-order valence-corrected chi connectivity index (χ3v) is 7.57. The number of nitrogens with zero attached hydrogens (tertiary/aromatic N) is 1. The molecule has 0 radical (unpaired) electrons. The van der Waals surface area contributed by atoms with E-state index >= 15 is 0 Å². The van der Waals surface area contributed by atoms with E-state index in [0.717, 1.165) is 49.3 Å². The van der Waals surface area contributed by atoms with E-state index in [4.69, 9.17) is 0 Å². The molecule has 1 aromatic carbocycles. The molecule has 1 aromatic heterocycles. The van der Waals surface area contributed by atoms with Crippen LogP contribution in [0.15, 0.2) is 48.7 Å². The predicted molar refractivity (Wildman–Crippen MR) is 143 cm³/mol. The molecule has 3 rings (SSSR count). The quantitative estimate of drug-likeness (QED) is 0.261.